The van der Waals surface area contributed by atoms with Crippen LogP contribution in [0.1, 0.15) is 74.8 Å². The number of carbonyl (C=O) groups excluding carboxylic acids is 4. The summed E-state index contributed by atoms with van der Waals surface area (Å²) in [4.78, 5) is 50.4. The molecule has 0 aliphatic heterocycles. The summed E-state index contributed by atoms with van der Waals surface area (Å²) >= 11 is 6.36. The van der Waals surface area contributed by atoms with Gasteiger partial charge in [0, 0.05) is 22.7 Å². The standard InChI is InChI=1S/C24H22ClNO5/c1-13-6-2-5-9-18(13)26-19(27)12-31-24(30)17-11-10-16-20(21(17)25)23(29)15-8-4-3-7-14(15)22(16)28/h3-4,7-8,10-11,13,18H,2,5-6,9,12H2,1H3,(H,26,27)/t13-,18-/m0/s1. The molecule has 31 heavy (non-hydrogen) atoms. The Balaban J connectivity index is 1.49. The summed E-state index contributed by atoms with van der Waals surface area (Å²) in [5.41, 5.74) is 0.628. The van der Waals surface area contributed by atoms with Crippen LogP contribution >= 0.6 is 11.6 Å². The van der Waals surface area contributed by atoms with Crippen molar-refractivity contribution >= 4 is 35.0 Å². The largest absolute Gasteiger partial charge is 0.452 e. The fourth-order valence-corrected chi connectivity index (χ4v) is 4.62. The molecule has 2 aliphatic carbocycles. The molecule has 0 radical (unpaired) electrons. The van der Waals surface area contributed by atoms with Crippen LogP contribution in [-0.4, -0.2) is 36.1 Å². The topological polar surface area (TPSA) is 89.5 Å². The quantitative estimate of drug-likeness (QED) is 0.621. The zero-order valence-corrected chi connectivity index (χ0v) is 17.8. The fourth-order valence-electron chi connectivity index (χ4n) is 4.29. The Labute approximate surface area is 184 Å². The Morgan fingerprint density at radius 3 is 2.39 bits per heavy atom. The van der Waals surface area contributed by atoms with Crippen molar-refractivity contribution in [2.45, 2.75) is 38.6 Å². The molecule has 2 aromatic rings. The molecule has 160 valence electrons. The average Bonchev–Trinajstić information content (AvgIpc) is 2.77. The smallest absolute Gasteiger partial charge is 0.340 e. The zero-order chi connectivity index (χ0) is 22.1. The van der Waals surface area contributed by atoms with E-state index >= 15 is 0 Å². The van der Waals surface area contributed by atoms with Gasteiger partial charge in [-0.3, -0.25) is 14.4 Å². The fraction of sp³-hybridized carbons (Fsp3) is 0.333. The predicted molar refractivity (Wildman–Crippen MR) is 115 cm³/mol. The maximum atomic E-state index is 12.9. The molecule has 2 aliphatic rings. The molecular formula is C24H22ClNO5. The van der Waals surface area contributed by atoms with E-state index in [0.29, 0.717) is 11.5 Å². The summed E-state index contributed by atoms with van der Waals surface area (Å²) in [6, 6.07) is 9.31. The number of rotatable bonds is 4. The number of esters is 1. The Hall–Kier alpha value is -2.99. The van der Waals surface area contributed by atoms with Crippen molar-refractivity contribution in [3.05, 3.63) is 69.2 Å². The van der Waals surface area contributed by atoms with Crippen LogP contribution in [0.15, 0.2) is 36.4 Å². The molecule has 0 heterocycles. The highest BCUT2D eigenvalue weighted by atomic mass is 35.5. The highest BCUT2D eigenvalue weighted by molar-refractivity contribution is 6.41. The van der Waals surface area contributed by atoms with Crippen molar-refractivity contribution in [3.8, 4) is 0 Å². The van der Waals surface area contributed by atoms with Gasteiger partial charge in [-0.1, -0.05) is 55.6 Å². The minimum Gasteiger partial charge on any atom is -0.452 e. The van der Waals surface area contributed by atoms with Gasteiger partial charge in [0.05, 0.1) is 16.1 Å². The number of amides is 1. The van der Waals surface area contributed by atoms with Gasteiger partial charge in [0.1, 0.15) is 0 Å². The highest BCUT2D eigenvalue weighted by Gasteiger charge is 2.33. The van der Waals surface area contributed by atoms with Crippen LogP contribution in [0.4, 0.5) is 0 Å². The monoisotopic (exact) mass is 439 g/mol. The maximum absolute atomic E-state index is 12.9. The lowest BCUT2D eigenvalue weighted by molar-refractivity contribution is -0.125. The van der Waals surface area contributed by atoms with E-state index in [1.807, 2.05) is 0 Å². The maximum Gasteiger partial charge on any atom is 0.340 e. The molecule has 0 unspecified atom stereocenters. The van der Waals surface area contributed by atoms with Crippen LogP contribution in [-0.2, 0) is 9.53 Å². The van der Waals surface area contributed by atoms with Gasteiger partial charge in [-0.25, -0.2) is 4.79 Å². The molecular weight excluding hydrogens is 418 g/mol. The van der Waals surface area contributed by atoms with Gasteiger partial charge in [-0.05, 0) is 30.9 Å². The minimum atomic E-state index is -0.821. The Morgan fingerprint density at radius 1 is 1.00 bits per heavy atom. The number of nitrogens with one attached hydrogen (secondary N) is 1. The molecule has 4 rings (SSSR count). The summed E-state index contributed by atoms with van der Waals surface area (Å²) < 4.78 is 5.14. The van der Waals surface area contributed by atoms with Crippen LogP contribution in [0.5, 0.6) is 0 Å². The van der Waals surface area contributed by atoms with E-state index in [1.165, 1.54) is 12.1 Å². The van der Waals surface area contributed by atoms with Gasteiger partial charge in [0.15, 0.2) is 18.2 Å². The molecule has 2 aromatic carbocycles. The lowest BCUT2D eigenvalue weighted by Gasteiger charge is -2.29. The molecule has 1 amide bonds. The van der Waals surface area contributed by atoms with E-state index in [4.69, 9.17) is 16.3 Å². The molecule has 6 nitrogen and oxygen atoms in total. The number of ketones is 2. The summed E-state index contributed by atoms with van der Waals surface area (Å²) in [7, 11) is 0. The lowest BCUT2D eigenvalue weighted by Crippen LogP contribution is -2.42. The van der Waals surface area contributed by atoms with Gasteiger partial charge >= 0.3 is 5.97 Å². The first kappa shape index (κ1) is 21.2. The Bertz CT molecular complexity index is 1090. The number of hydrogen-bond donors (Lipinski definition) is 1. The van der Waals surface area contributed by atoms with Gasteiger partial charge in [0.2, 0.25) is 0 Å². The van der Waals surface area contributed by atoms with Crippen LogP contribution in [0.2, 0.25) is 5.02 Å². The van der Waals surface area contributed by atoms with Crippen LogP contribution in [0, 0.1) is 5.92 Å². The molecule has 1 saturated carbocycles. The molecule has 0 aromatic heterocycles. The van der Waals surface area contributed by atoms with Crippen molar-refractivity contribution in [3.63, 3.8) is 0 Å². The van der Waals surface area contributed by atoms with E-state index in [0.717, 1.165) is 25.7 Å². The molecule has 0 saturated heterocycles. The Kier molecular flexibility index (Phi) is 5.92. The van der Waals surface area contributed by atoms with Crippen LogP contribution < -0.4 is 5.32 Å². The molecule has 1 N–H and O–H groups in total. The number of fused-ring (bicyclic) bond motifs is 2. The number of hydrogen-bond acceptors (Lipinski definition) is 5. The molecule has 0 spiro atoms. The number of carbonyl (C=O) groups is 4. The zero-order valence-electron chi connectivity index (χ0n) is 17.1. The summed E-state index contributed by atoms with van der Waals surface area (Å²) in [6.45, 7) is 1.66. The molecule has 0 bridgehead atoms. The first-order valence-electron chi connectivity index (χ1n) is 10.4. The average molecular weight is 440 g/mol. The summed E-state index contributed by atoms with van der Waals surface area (Å²) in [5, 5.41) is 2.77. The van der Waals surface area contributed by atoms with E-state index < -0.39 is 18.4 Å². The third kappa shape index (κ3) is 4.00. The lowest BCUT2D eigenvalue weighted by atomic mass is 9.83. The van der Waals surface area contributed by atoms with E-state index in [-0.39, 0.29) is 45.0 Å². The van der Waals surface area contributed by atoms with Crippen molar-refractivity contribution < 1.29 is 23.9 Å². The third-order valence-electron chi connectivity index (χ3n) is 6.04. The molecule has 7 heteroatoms. The molecule has 1 fully saturated rings. The van der Waals surface area contributed by atoms with Gasteiger partial charge < -0.3 is 10.1 Å². The van der Waals surface area contributed by atoms with Gasteiger partial charge in [-0.2, -0.15) is 0 Å². The summed E-state index contributed by atoms with van der Waals surface area (Å²) in [6.07, 6.45) is 4.20. The summed E-state index contributed by atoms with van der Waals surface area (Å²) in [5.74, 6) is -1.56. The second-order valence-corrected chi connectivity index (χ2v) is 8.44. The SMILES string of the molecule is C[C@H]1CCCC[C@@H]1NC(=O)COC(=O)c1ccc2c(c1Cl)C(=O)c1ccccc1C2=O. The van der Waals surface area contributed by atoms with Crippen LogP contribution in [0.3, 0.4) is 0 Å². The van der Waals surface area contributed by atoms with Crippen molar-refractivity contribution in [2.24, 2.45) is 5.92 Å². The van der Waals surface area contributed by atoms with Crippen molar-refractivity contribution in [1.82, 2.24) is 5.32 Å². The van der Waals surface area contributed by atoms with Gasteiger partial charge in [-0.15, -0.1) is 0 Å². The van der Waals surface area contributed by atoms with Crippen molar-refractivity contribution in [2.75, 3.05) is 6.61 Å². The second kappa shape index (κ2) is 8.63. The van der Waals surface area contributed by atoms with Gasteiger partial charge in [0.25, 0.3) is 5.91 Å². The number of halogens is 1. The van der Waals surface area contributed by atoms with Crippen LogP contribution in [0.25, 0.3) is 0 Å². The molecule has 2 atom stereocenters. The normalized spacial score (nSPS) is 19.9. The predicted octanol–water partition coefficient (Wildman–Crippen LogP) is 3.97. The Morgan fingerprint density at radius 2 is 1.68 bits per heavy atom. The number of ether oxygens (including phenoxy) is 1. The van der Waals surface area contributed by atoms with E-state index in [2.05, 4.69) is 12.2 Å². The first-order chi connectivity index (χ1) is 14.9. The number of benzene rings is 2. The second-order valence-electron chi connectivity index (χ2n) is 8.07. The van der Waals surface area contributed by atoms with E-state index in [1.54, 1.807) is 24.3 Å². The first-order valence-corrected chi connectivity index (χ1v) is 10.7. The highest BCUT2D eigenvalue weighted by Crippen LogP contribution is 2.34. The van der Waals surface area contributed by atoms with E-state index in [9.17, 15) is 19.2 Å². The third-order valence-corrected chi connectivity index (χ3v) is 6.43. The van der Waals surface area contributed by atoms with Crippen molar-refractivity contribution in [1.29, 1.82) is 0 Å². The minimum absolute atomic E-state index is 0.0136.